The number of aromatic nitrogens is 4. The average molecular weight is 536 g/mol. The first kappa shape index (κ1) is 25.0. The second-order valence-corrected chi connectivity index (χ2v) is 11.0. The molecule has 0 spiro atoms. The fourth-order valence-electron chi connectivity index (χ4n) is 4.18. The predicted molar refractivity (Wildman–Crippen MR) is 149 cm³/mol. The lowest BCUT2D eigenvalue weighted by Crippen LogP contribution is -2.24. The van der Waals surface area contributed by atoms with Gasteiger partial charge < -0.3 is 20.9 Å². The van der Waals surface area contributed by atoms with Gasteiger partial charge in [-0.1, -0.05) is 30.0 Å². The highest BCUT2D eigenvalue weighted by Gasteiger charge is 2.27. The van der Waals surface area contributed by atoms with Crippen molar-refractivity contribution in [3.63, 3.8) is 0 Å². The number of nitrogens with one attached hydrogen (secondary N) is 2. The van der Waals surface area contributed by atoms with Crippen molar-refractivity contribution in [3.05, 3.63) is 70.9 Å². The molecule has 4 N–H and O–H groups in total. The maximum absolute atomic E-state index is 14.7. The summed E-state index contributed by atoms with van der Waals surface area (Å²) in [4.78, 5) is 27.0. The monoisotopic (exact) mass is 535 g/mol. The zero-order valence-electron chi connectivity index (χ0n) is 20.5. The van der Waals surface area contributed by atoms with Gasteiger partial charge >= 0.3 is 0 Å². The van der Waals surface area contributed by atoms with E-state index in [9.17, 15) is 9.18 Å². The summed E-state index contributed by atoms with van der Waals surface area (Å²) in [5.74, 6) is 0.352. The Morgan fingerprint density at radius 3 is 2.84 bits per heavy atom. The maximum atomic E-state index is 14.7. The minimum absolute atomic E-state index is 0.0932. The van der Waals surface area contributed by atoms with Gasteiger partial charge in [0.2, 0.25) is 11.9 Å². The number of carbonyl (C=O) groups excluding carboxylic acids is 1. The number of hydrogen-bond donors (Lipinski definition) is 3. The second-order valence-electron chi connectivity index (χ2n) is 8.85. The number of nitrogens with two attached hydrogens (primary N) is 1. The Hall–Kier alpha value is -3.70. The van der Waals surface area contributed by atoms with E-state index in [1.807, 2.05) is 61.1 Å². The van der Waals surface area contributed by atoms with Gasteiger partial charge in [-0.15, -0.1) is 11.3 Å². The molecule has 1 aromatic carbocycles. The molecule has 1 unspecified atom stereocenters. The zero-order chi connectivity index (χ0) is 26.1. The summed E-state index contributed by atoms with van der Waals surface area (Å²) in [7, 11) is 0. The van der Waals surface area contributed by atoms with Gasteiger partial charge in [-0.25, -0.2) is 19.3 Å². The first-order chi connectivity index (χ1) is 17.8. The van der Waals surface area contributed by atoms with E-state index in [4.69, 9.17) is 5.73 Å². The third-order valence-electron chi connectivity index (χ3n) is 5.92. The molecule has 1 atom stereocenters. The molecule has 3 aromatic heterocycles. The number of anilines is 3. The average Bonchev–Trinajstić information content (AvgIpc) is 3.63. The van der Waals surface area contributed by atoms with Gasteiger partial charge in [0.1, 0.15) is 11.5 Å². The van der Waals surface area contributed by atoms with Gasteiger partial charge in [0.05, 0.1) is 39.7 Å². The van der Waals surface area contributed by atoms with Crippen molar-refractivity contribution in [1.82, 2.24) is 19.5 Å². The quantitative estimate of drug-likeness (QED) is 0.246. The van der Waals surface area contributed by atoms with Crippen molar-refractivity contribution in [1.29, 1.82) is 0 Å². The molecule has 11 heteroatoms. The van der Waals surface area contributed by atoms with Crippen LogP contribution in [-0.4, -0.2) is 30.7 Å². The van der Waals surface area contributed by atoms with E-state index in [2.05, 4.69) is 25.6 Å². The number of halogens is 1. The smallest absolute Gasteiger partial charge is 0.238 e. The molecule has 1 aliphatic rings. The van der Waals surface area contributed by atoms with E-state index in [-0.39, 0.29) is 28.8 Å². The van der Waals surface area contributed by atoms with E-state index in [0.29, 0.717) is 23.5 Å². The number of benzene rings is 1. The van der Waals surface area contributed by atoms with E-state index >= 15 is 0 Å². The number of thioether (sulfide) groups is 1. The third-order valence-corrected chi connectivity index (χ3v) is 8.05. The van der Waals surface area contributed by atoms with Crippen LogP contribution in [0.4, 0.5) is 21.7 Å². The molecule has 0 bridgehead atoms. The standard InChI is InChI=1S/C26H26FN7OS2/c1-14(2)34-15(3)29-13-20(34)24-17(27)12-30-26(33-24)32-23-9-8-22(37-23)25(35)31-19-11-16(6-7-18(19)28)21-5-4-10-36-21/h4-7,9-14,22H,8,28H2,1-3H3,(H,31,35)(H,30,32,33). The summed E-state index contributed by atoms with van der Waals surface area (Å²) in [6, 6.07) is 9.73. The number of imidazole rings is 1. The maximum Gasteiger partial charge on any atom is 0.238 e. The highest BCUT2D eigenvalue weighted by atomic mass is 32.2. The molecule has 0 saturated carbocycles. The Morgan fingerprint density at radius 1 is 1.24 bits per heavy atom. The molecular weight excluding hydrogens is 509 g/mol. The van der Waals surface area contributed by atoms with Gasteiger partial charge in [-0.05, 0) is 56.3 Å². The molecule has 0 radical (unpaired) electrons. The number of amides is 1. The number of carbonyl (C=O) groups is 1. The fourth-order valence-corrected chi connectivity index (χ4v) is 5.91. The highest BCUT2D eigenvalue weighted by molar-refractivity contribution is 8.04. The van der Waals surface area contributed by atoms with Crippen molar-refractivity contribution in [2.24, 2.45) is 0 Å². The summed E-state index contributed by atoms with van der Waals surface area (Å²) >= 11 is 2.99. The molecule has 0 fully saturated rings. The van der Waals surface area contributed by atoms with Gasteiger partial charge in [-0.2, -0.15) is 0 Å². The van der Waals surface area contributed by atoms with Crippen molar-refractivity contribution in [2.45, 2.75) is 38.5 Å². The summed E-state index contributed by atoms with van der Waals surface area (Å²) in [5, 5.41) is 8.47. The van der Waals surface area contributed by atoms with E-state index in [1.54, 1.807) is 23.6 Å². The Morgan fingerprint density at radius 2 is 2.08 bits per heavy atom. The molecule has 5 rings (SSSR count). The Labute approximate surface area is 222 Å². The van der Waals surface area contributed by atoms with Gasteiger partial charge in [0, 0.05) is 10.9 Å². The van der Waals surface area contributed by atoms with Gasteiger partial charge in [0.25, 0.3) is 0 Å². The molecule has 8 nitrogen and oxygen atoms in total. The zero-order valence-corrected chi connectivity index (χ0v) is 22.2. The van der Waals surface area contributed by atoms with Crippen LogP contribution in [-0.2, 0) is 4.79 Å². The van der Waals surface area contributed by atoms with Crippen LogP contribution < -0.4 is 16.4 Å². The van der Waals surface area contributed by atoms with Crippen LogP contribution in [0.5, 0.6) is 0 Å². The normalized spacial score (nSPS) is 15.2. The van der Waals surface area contributed by atoms with Crippen LogP contribution in [0.1, 0.15) is 32.1 Å². The van der Waals surface area contributed by atoms with E-state index < -0.39 is 5.82 Å². The first-order valence-corrected chi connectivity index (χ1v) is 13.5. The lowest BCUT2D eigenvalue weighted by molar-refractivity contribution is -0.115. The van der Waals surface area contributed by atoms with Crippen molar-refractivity contribution < 1.29 is 9.18 Å². The highest BCUT2D eigenvalue weighted by Crippen LogP contribution is 2.35. The number of aryl methyl sites for hydroxylation is 1. The molecule has 37 heavy (non-hydrogen) atoms. The number of nitrogens with zero attached hydrogens (tertiary/aromatic N) is 4. The van der Waals surface area contributed by atoms with Crippen molar-refractivity contribution >= 4 is 46.3 Å². The fraction of sp³-hybridized carbons (Fsp3) is 0.231. The van der Waals surface area contributed by atoms with Crippen LogP contribution in [0, 0.1) is 12.7 Å². The largest absolute Gasteiger partial charge is 0.397 e. The molecule has 4 aromatic rings. The third kappa shape index (κ3) is 5.23. The minimum atomic E-state index is -0.528. The summed E-state index contributed by atoms with van der Waals surface area (Å²) in [6.07, 6.45) is 5.20. The number of hydrogen-bond acceptors (Lipinski definition) is 8. The van der Waals surface area contributed by atoms with Crippen LogP contribution in [0.3, 0.4) is 0 Å². The Bertz CT molecular complexity index is 1480. The van der Waals surface area contributed by atoms with Crippen LogP contribution in [0.25, 0.3) is 21.8 Å². The number of nitrogen functional groups attached to an aromatic ring is 1. The summed E-state index contributed by atoms with van der Waals surface area (Å²) < 4.78 is 16.6. The lowest BCUT2D eigenvalue weighted by Gasteiger charge is -2.15. The van der Waals surface area contributed by atoms with Gasteiger partial charge in [-0.3, -0.25) is 4.79 Å². The number of thiophene rings is 1. The summed E-state index contributed by atoms with van der Waals surface area (Å²) in [6.45, 7) is 5.89. The topological polar surface area (TPSA) is 111 Å². The van der Waals surface area contributed by atoms with Crippen LogP contribution in [0.2, 0.25) is 0 Å². The predicted octanol–water partition coefficient (Wildman–Crippen LogP) is 6.08. The molecule has 0 saturated heterocycles. The molecular formula is C26H26FN7OS2. The first-order valence-electron chi connectivity index (χ1n) is 11.7. The number of allylic oxidation sites excluding steroid dienone is 1. The van der Waals surface area contributed by atoms with Crippen molar-refractivity contribution in [2.75, 3.05) is 16.4 Å². The molecule has 4 heterocycles. The molecule has 0 aliphatic carbocycles. The molecule has 1 amide bonds. The minimum Gasteiger partial charge on any atom is -0.397 e. The Balaban J connectivity index is 1.27. The number of rotatable bonds is 7. The molecule has 1 aliphatic heterocycles. The lowest BCUT2D eigenvalue weighted by atomic mass is 10.1. The van der Waals surface area contributed by atoms with Gasteiger partial charge in [0.15, 0.2) is 5.82 Å². The van der Waals surface area contributed by atoms with Crippen molar-refractivity contribution in [3.8, 4) is 21.8 Å². The SMILES string of the molecule is Cc1ncc(-c2nc(NC3=CCC(C(=O)Nc4cc(-c5cccs5)ccc4N)S3)ncc2F)n1C(C)C. The molecule has 190 valence electrons. The van der Waals surface area contributed by atoms with Crippen LogP contribution in [0.15, 0.2) is 59.2 Å². The Kier molecular flexibility index (Phi) is 6.98. The summed E-state index contributed by atoms with van der Waals surface area (Å²) in [5.41, 5.74) is 8.97. The van der Waals surface area contributed by atoms with Crippen LogP contribution >= 0.6 is 23.1 Å². The van der Waals surface area contributed by atoms with E-state index in [1.165, 1.54) is 11.8 Å². The second kappa shape index (κ2) is 10.3. The van der Waals surface area contributed by atoms with E-state index in [0.717, 1.165) is 27.5 Å².